The maximum absolute atomic E-state index is 11.6. The zero-order chi connectivity index (χ0) is 20.0. The summed E-state index contributed by atoms with van der Waals surface area (Å²) in [5, 5.41) is 27.3. The van der Waals surface area contributed by atoms with E-state index < -0.39 is 29.7 Å². The van der Waals surface area contributed by atoms with Gasteiger partial charge in [-0.2, -0.15) is 5.10 Å². The Hall–Kier alpha value is -2.79. The summed E-state index contributed by atoms with van der Waals surface area (Å²) in [5.74, 6) is -2.42. The first-order chi connectivity index (χ1) is 12.8. The van der Waals surface area contributed by atoms with Crippen LogP contribution >= 0.6 is 23.4 Å². The van der Waals surface area contributed by atoms with Crippen LogP contribution in [0.3, 0.4) is 0 Å². The number of thioether (sulfide) groups is 1. The summed E-state index contributed by atoms with van der Waals surface area (Å²) in [6.07, 6.45) is 0.910. The Morgan fingerprint density at radius 2 is 2.11 bits per heavy atom. The molecule has 1 aliphatic heterocycles. The standard InChI is InChI=1S/C15H14ClN3O7S/c1-25-9-3-8(16)2-7(13(9)26-6-12(22)23)5-17-19-15-18-14(24)10(27-15)4-11(20)21/h2-3,5,10H,4,6H2,1H3,(H,20,21)(H,22,23)(H,18,19,24). The molecule has 0 aromatic heterocycles. The molecule has 1 aliphatic rings. The molecule has 0 spiro atoms. The van der Waals surface area contributed by atoms with Gasteiger partial charge >= 0.3 is 11.9 Å². The van der Waals surface area contributed by atoms with Crippen LogP contribution in [0.1, 0.15) is 12.0 Å². The molecule has 1 unspecified atom stereocenters. The lowest BCUT2D eigenvalue weighted by Crippen LogP contribution is -2.26. The molecule has 3 N–H and O–H groups in total. The van der Waals surface area contributed by atoms with Gasteiger partial charge in [-0.1, -0.05) is 23.4 Å². The minimum atomic E-state index is -1.18. The second-order valence-electron chi connectivity index (χ2n) is 5.05. The third kappa shape index (κ3) is 5.86. The molecule has 1 atom stereocenters. The Kier molecular flexibility index (Phi) is 7.02. The Labute approximate surface area is 162 Å². The van der Waals surface area contributed by atoms with Gasteiger partial charge in [0.05, 0.1) is 19.7 Å². The van der Waals surface area contributed by atoms with Crippen molar-refractivity contribution in [2.24, 2.45) is 10.2 Å². The molecule has 0 saturated carbocycles. The quantitative estimate of drug-likeness (QED) is 0.424. The van der Waals surface area contributed by atoms with E-state index in [0.717, 1.165) is 11.8 Å². The maximum Gasteiger partial charge on any atom is 0.341 e. The van der Waals surface area contributed by atoms with Gasteiger partial charge in [0.25, 0.3) is 0 Å². The number of amidine groups is 1. The highest BCUT2D eigenvalue weighted by Gasteiger charge is 2.32. The van der Waals surface area contributed by atoms with E-state index in [1.54, 1.807) is 0 Å². The van der Waals surface area contributed by atoms with Crippen LogP contribution in [-0.2, 0) is 14.4 Å². The van der Waals surface area contributed by atoms with Gasteiger partial charge in [0.1, 0.15) is 5.25 Å². The van der Waals surface area contributed by atoms with Crippen LogP contribution in [0, 0.1) is 0 Å². The molecule has 27 heavy (non-hydrogen) atoms. The van der Waals surface area contributed by atoms with Gasteiger partial charge in [-0.25, -0.2) is 4.79 Å². The number of carboxylic acid groups (broad SMARTS) is 2. The molecule has 1 heterocycles. The van der Waals surface area contributed by atoms with Crippen LogP contribution in [0.15, 0.2) is 22.3 Å². The first kappa shape index (κ1) is 20.5. The Morgan fingerprint density at radius 1 is 1.37 bits per heavy atom. The second-order valence-corrected chi connectivity index (χ2v) is 6.68. The highest BCUT2D eigenvalue weighted by molar-refractivity contribution is 8.15. The topological polar surface area (TPSA) is 147 Å². The van der Waals surface area contributed by atoms with Crippen molar-refractivity contribution in [3.05, 3.63) is 22.7 Å². The molecule has 1 saturated heterocycles. The molecule has 0 radical (unpaired) electrons. The Bertz CT molecular complexity index is 828. The number of amides is 1. The van der Waals surface area contributed by atoms with E-state index in [1.807, 2.05) is 0 Å². The molecule has 1 fully saturated rings. The monoisotopic (exact) mass is 415 g/mol. The van der Waals surface area contributed by atoms with E-state index in [4.69, 9.17) is 31.3 Å². The van der Waals surface area contributed by atoms with Crippen molar-refractivity contribution >= 4 is 52.6 Å². The lowest BCUT2D eigenvalue weighted by molar-refractivity contribution is -0.139. The van der Waals surface area contributed by atoms with Gasteiger partial charge in [-0.05, 0) is 6.07 Å². The molecule has 1 aromatic rings. The number of halogens is 1. The van der Waals surface area contributed by atoms with Gasteiger partial charge in [0.15, 0.2) is 23.3 Å². The number of hydrogen-bond acceptors (Lipinski definition) is 8. The van der Waals surface area contributed by atoms with Crippen LogP contribution in [-0.4, -0.2) is 58.4 Å². The predicted molar refractivity (Wildman–Crippen MR) is 97.9 cm³/mol. The molecule has 2 rings (SSSR count). The largest absolute Gasteiger partial charge is 0.493 e. The molecule has 0 bridgehead atoms. The summed E-state index contributed by atoms with van der Waals surface area (Å²) in [7, 11) is 1.37. The maximum atomic E-state index is 11.6. The summed E-state index contributed by atoms with van der Waals surface area (Å²) >= 11 is 6.94. The Morgan fingerprint density at radius 3 is 2.74 bits per heavy atom. The van der Waals surface area contributed by atoms with E-state index in [9.17, 15) is 14.4 Å². The summed E-state index contributed by atoms with van der Waals surface area (Å²) in [4.78, 5) is 33.1. The highest BCUT2D eigenvalue weighted by atomic mass is 35.5. The SMILES string of the molecule is COc1cc(Cl)cc(C=NN=C2NC(=O)C(CC(=O)O)S2)c1OCC(=O)O. The fourth-order valence-electron chi connectivity index (χ4n) is 2.01. The van der Waals surface area contributed by atoms with Gasteiger partial charge in [-0.3, -0.25) is 9.59 Å². The highest BCUT2D eigenvalue weighted by Crippen LogP contribution is 2.34. The van der Waals surface area contributed by atoms with Crippen molar-refractivity contribution in [3.63, 3.8) is 0 Å². The van der Waals surface area contributed by atoms with Crippen LogP contribution in [0.5, 0.6) is 11.5 Å². The smallest absolute Gasteiger partial charge is 0.341 e. The molecular formula is C15H14ClN3O7S. The van der Waals surface area contributed by atoms with Crippen molar-refractivity contribution in [2.45, 2.75) is 11.7 Å². The first-order valence-corrected chi connectivity index (χ1v) is 8.58. The molecule has 144 valence electrons. The lowest BCUT2D eigenvalue weighted by Gasteiger charge is -2.12. The van der Waals surface area contributed by atoms with Crippen LogP contribution in [0.2, 0.25) is 5.02 Å². The summed E-state index contributed by atoms with van der Waals surface area (Å²) in [6, 6.07) is 2.92. The fourth-order valence-corrected chi connectivity index (χ4v) is 3.15. The molecular weight excluding hydrogens is 402 g/mol. The number of rotatable bonds is 8. The molecule has 12 heteroatoms. The molecule has 1 aromatic carbocycles. The number of benzene rings is 1. The third-order valence-electron chi connectivity index (χ3n) is 3.09. The van der Waals surface area contributed by atoms with E-state index in [-0.39, 0.29) is 23.1 Å². The van der Waals surface area contributed by atoms with Crippen LogP contribution < -0.4 is 14.8 Å². The van der Waals surface area contributed by atoms with Crippen molar-refractivity contribution in [1.29, 1.82) is 0 Å². The first-order valence-electron chi connectivity index (χ1n) is 7.32. The summed E-state index contributed by atoms with van der Waals surface area (Å²) in [6.45, 7) is -0.601. The average molecular weight is 416 g/mol. The minimum Gasteiger partial charge on any atom is -0.493 e. The van der Waals surface area contributed by atoms with Crippen molar-refractivity contribution in [2.75, 3.05) is 13.7 Å². The van der Waals surface area contributed by atoms with Crippen LogP contribution in [0.25, 0.3) is 0 Å². The van der Waals surface area contributed by atoms with Crippen molar-refractivity contribution in [3.8, 4) is 11.5 Å². The van der Waals surface area contributed by atoms with Crippen LogP contribution in [0.4, 0.5) is 0 Å². The normalized spacial score (nSPS) is 17.9. The number of carboxylic acids is 2. The number of methoxy groups -OCH3 is 1. The number of carbonyl (C=O) groups is 3. The molecule has 0 aliphatic carbocycles. The lowest BCUT2D eigenvalue weighted by atomic mass is 10.2. The van der Waals surface area contributed by atoms with E-state index in [1.165, 1.54) is 25.5 Å². The van der Waals surface area contributed by atoms with Crippen molar-refractivity contribution in [1.82, 2.24) is 5.32 Å². The van der Waals surface area contributed by atoms with Gasteiger partial charge in [-0.15, -0.1) is 5.10 Å². The number of hydrogen-bond donors (Lipinski definition) is 3. The third-order valence-corrected chi connectivity index (χ3v) is 4.38. The number of nitrogens with zero attached hydrogens (tertiary/aromatic N) is 2. The van der Waals surface area contributed by atoms with Gasteiger partial charge in [0, 0.05) is 16.7 Å². The minimum absolute atomic E-state index is 0.111. The summed E-state index contributed by atoms with van der Waals surface area (Å²) in [5.41, 5.74) is 0.307. The fraction of sp³-hybridized carbons (Fsp3) is 0.267. The van der Waals surface area contributed by atoms with Crippen molar-refractivity contribution < 1.29 is 34.1 Å². The van der Waals surface area contributed by atoms with E-state index >= 15 is 0 Å². The molecule has 10 nitrogen and oxygen atoms in total. The number of nitrogens with one attached hydrogen (secondary N) is 1. The van der Waals surface area contributed by atoms with Gasteiger partial charge in [0.2, 0.25) is 5.91 Å². The number of ether oxygens (including phenoxy) is 2. The Balaban J connectivity index is 2.20. The van der Waals surface area contributed by atoms with E-state index in [0.29, 0.717) is 10.6 Å². The zero-order valence-corrected chi connectivity index (χ0v) is 15.4. The number of carbonyl (C=O) groups excluding carboxylic acids is 1. The summed E-state index contributed by atoms with van der Waals surface area (Å²) < 4.78 is 10.3. The van der Waals surface area contributed by atoms with Gasteiger partial charge < -0.3 is 25.0 Å². The van der Waals surface area contributed by atoms with E-state index in [2.05, 4.69) is 15.5 Å². The predicted octanol–water partition coefficient (Wildman–Crippen LogP) is 1.21. The average Bonchev–Trinajstić information content (AvgIpc) is 2.92. The number of aliphatic carboxylic acids is 2. The zero-order valence-electron chi connectivity index (χ0n) is 13.8. The molecule has 1 amide bonds. The second kappa shape index (κ2) is 9.24.